The summed E-state index contributed by atoms with van der Waals surface area (Å²) in [5.41, 5.74) is 21.4. The monoisotopic (exact) mass is 725 g/mol. The minimum Gasteiger partial charge on any atom is -0.494 e. The third-order valence-electron chi connectivity index (χ3n) is 11.2. The van der Waals surface area contributed by atoms with Crippen LogP contribution < -0.4 is 10.5 Å². The molecule has 54 heavy (non-hydrogen) atoms. The van der Waals surface area contributed by atoms with E-state index in [1.165, 1.54) is 66.8 Å². The zero-order valence-corrected chi connectivity index (χ0v) is 32.0. The lowest BCUT2D eigenvalue weighted by Gasteiger charge is -2.33. The third-order valence-corrected chi connectivity index (χ3v) is 11.2. The second-order valence-corrected chi connectivity index (χ2v) is 14.6. The predicted octanol–water partition coefficient (Wildman–Crippen LogP) is 9.86. The molecule has 6 heteroatoms. The molecule has 0 spiro atoms. The standard InChI is InChI=1S/C48H55NO5/c1-50-27-29-52-24-7-21-48(22-8-25-53-30-28-51-2)46-33-37(35-11-16-41(17-12-35)54-26-6-5-23-49)14-19-44(46)45-20-15-38(34-47(45)48)36-13-18-43-40(31-36)32-39-9-3-4-10-42(39)43/h3-4,9-20,31,33-34H,5-8,21-30,32,49H2,1-2H3. The van der Waals surface area contributed by atoms with E-state index in [1.54, 1.807) is 14.2 Å². The van der Waals surface area contributed by atoms with Crippen LogP contribution in [0.4, 0.5) is 0 Å². The van der Waals surface area contributed by atoms with Crippen molar-refractivity contribution in [1.82, 2.24) is 0 Å². The molecule has 2 aliphatic rings. The van der Waals surface area contributed by atoms with Crippen LogP contribution in [0.1, 0.15) is 60.8 Å². The molecule has 0 bridgehead atoms. The molecular weight excluding hydrogens is 671 g/mol. The van der Waals surface area contributed by atoms with Crippen LogP contribution in [0.3, 0.4) is 0 Å². The number of methoxy groups -OCH3 is 2. The molecule has 0 amide bonds. The number of ether oxygens (including phenoxy) is 5. The molecule has 282 valence electrons. The van der Waals surface area contributed by atoms with E-state index < -0.39 is 0 Å². The molecule has 0 fully saturated rings. The number of fused-ring (bicyclic) bond motifs is 6. The van der Waals surface area contributed by atoms with Gasteiger partial charge in [-0.05, 0) is 143 Å². The molecule has 2 N–H and O–H groups in total. The summed E-state index contributed by atoms with van der Waals surface area (Å²) in [6.45, 7) is 5.17. The van der Waals surface area contributed by atoms with Crippen molar-refractivity contribution in [3.8, 4) is 50.3 Å². The zero-order valence-electron chi connectivity index (χ0n) is 32.0. The lowest BCUT2D eigenvalue weighted by molar-refractivity contribution is 0.0629. The number of hydrogen-bond acceptors (Lipinski definition) is 6. The summed E-state index contributed by atoms with van der Waals surface area (Å²) in [6.07, 6.45) is 6.74. The highest BCUT2D eigenvalue weighted by Gasteiger charge is 2.43. The van der Waals surface area contributed by atoms with Gasteiger partial charge in [-0.1, -0.05) is 78.9 Å². The summed E-state index contributed by atoms with van der Waals surface area (Å²) in [4.78, 5) is 0. The van der Waals surface area contributed by atoms with Gasteiger partial charge in [-0.2, -0.15) is 0 Å². The summed E-state index contributed by atoms with van der Waals surface area (Å²) in [7, 11) is 3.44. The number of hydrogen-bond donors (Lipinski definition) is 1. The van der Waals surface area contributed by atoms with Crippen molar-refractivity contribution >= 4 is 0 Å². The summed E-state index contributed by atoms with van der Waals surface area (Å²) in [6, 6.07) is 38.7. The Bertz CT molecular complexity index is 1970. The van der Waals surface area contributed by atoms with Gasteiger partial charge in [0.05, 0.1) is 33.0 Å². The van der Waals surface area contributed by atoms with Crippen molar-refractivity contribution in [1.29, 1.82) is 0 Å². The van der Waals surface area contributed by atoms with Crippen molar-refractivity contribution in [2.45, 2.75) is 50.4 Å². The smallest absolute Gasteiger partial charge is 0.119 e. The highest BCUT2D eigenvalue weighted by Crippen LogP contribution is 2.55. The molecule has 0 aromatic heterocycles. The Morgan fingerprint density at radius 1 is 0.500 bits per heavy atom. The lowest BCUT2D eigenvalue weighted by Crippen LogP contribution is -2.27. The zero-order chi connectivity index (χ0) is 37.2. The van der Waals surface area contributed by atoms with Gasteiger partial charge < -0.3 is 29.4 Å². The average molecular weight is 726 g/mol. The third kappa shape index (κ3) is 8.34. The van der Waals surface area contributed by atoms with E-state index in [4.69, 9.17) is 29.4 Å². The van der Waals surface area contributed by atoms with Crippen LogP contribution in [0.15, 0.2) is 103 Å². The van der Waals surface area contributed by atoms with E-state index in [1.807, 2.05) is 0 Å². The highest BCUT2D eigenvalue weighted by molar-refractivity contribution is 5.87. The van der Waals surface area contributed by atoms with Gasteiger partial charge in [0, 0.05) is 32.8 Å². The Morgan fingerprint density at radius 2 is 1.06 bits per heavy atom. The number of rotatable bonds is 21. The van der Waals surface area contributed by atoms with E-state index in [2.05, 4.69) is 103 Å². The molecule has 0 saturated carbocycles. The fourth-order valence-electron chi connectivity index (χ4n) is 8.46. The van der Waals surface area contributed by atoms with Crippen LogP contribution in [0.5, 0.6) is 5.75 Å². The van der Waals surface area contributed by atoms with Crippen LogP contribution in [0.25, 0.3) is 44.5 Å². The molecule has 0 aliphatic heterocycles. The average Bonchev–Trinajstić information content (AvgIpc) is 3.71. The molecule has 0 unspecified atom stereocenters. The van der Waals surface area contributed by atoms with Crippen LogP contribution in [0, 0.1) is 0 Å². The molecule has 6 nitrogen and oxygen atoms in total. The van der Waals surface area contributed by atoms with Gasteiger partial charge >= 0.3 is 0 Å². The van der Waals surface area contributed by atoms with Gasteiger partial charge in [-0.25, -0.2) is 0 Å². The minimum absolute atomic E-state index is 0.203. The second kappa shape index (κ2) is 18.4. The fourth-order valence-corrected chi connectivity index (χ4v) is 8.46. The second-order valence-electron chi connectivity index (χ2n) is 14.6. The Balaban J connectivity index is 1.25. The maximum atomic E-state index is 6.05. The Hall–Kier alpha value is -4.30. The van der Waals surface area contributed by atoms with E-state index in [9.17, 15) is 0 Å². The fraction of sp³-hybridized carbons (Fsp3) is 0.375. The van der Waals surface area contributed by atoms with Gasteiger partial charge in [0.1, 0.15) is 5.75 Å². The van der Waals surface area contributed by atoms with Crippen molar-refractivity contribution in [3.63, 3.8) is 0 Å². The summed E-state index contributed by atoms with van der Waals surface area (Å²) in [5.74, 6) is 0.892. The molecule has 0 atom stereocenters. The summed E-state index contributed by atoms with van der Waals surface area (Å²) < 4.78 is 28.6. The molecule has 5 aromatic carbocycles. The predicted molar refractivity (Wildman–Crippen MR) is 219 cm³/mol. The number of benzene rings is 5. The van der Waals surface area contributed by atoms with Crippen LogP contribution >= 0.6 is 0 Å². The largest absolute Gasteiger partial charge is 0.494 e. The molecular formula is C48H55NO5. The SMILES string of the molecule is COCCOCCCC1(CCCOCCOC)c2cc(-c3ccc(OCCCCN)cc3)ccc2-c2ccc(-c3ccc4c(c3)Cc3ccccc3-4)cc21. The van der Waals surface area contributed by atoms with E-state index in [0.717, 1.165) is 50.7 Å². The summed E-state index contributed by atoms with van der Waals surface area (Å²) >= 11 is 0. The van der Waals surface area contributed by atoms with E-state index in [-0.39, 0.29) is 5.41 Å². The maximum absolute atomic E-state index is 6.05. The molecule has 5 aromatic rings. The van der Waals surface area contributed by atoms with Crippen molar-refractivity contribution < 1.29 is 23.7 Å². The van der Waals surface area contributed by atoms with Crippen LogP contribution in [-0.2, 0) is 30.8 Å². The topological polar surface area (TPSA) is 72.2 Å². The van der Waals surface area contributed by atoms with Crippen LogP contribution in [-0.4, -0.2) is 67.0 Å². The first-order valence-electron chi connectivity index (χ1n) is 19.7. The molecule has 0 radical (unpaired) electrons. The van der Waals surface area contributed by atoms with Crippen molar-refractivity contribution in [3.05, 3.63) is 125 Å². The Morgan fingerprint density at radius 3 is 1.69 bits per heavy atom. The maximum Gasteiger partial charge on any atom is 0.119 e. The van der Waals surface area contributed by atoms with Gasteiger partial charge in [0.25, 0.3) is 0 Å². The quantitative estimate of drug-likeness (QED) is 0.0746. The molecule has 0 saturated heterocycles. The number of nitrogens with two attached hydrogens (primary N) is 1. The Kier molecular flexibility index (Phi) is 12.9. The lowest BCUT2D eigenvalue weighted by atomic mass is 9.70. The highest BCUT2D eigenvalue weighted by atomic mass is 16.5. The molecule has 2 aliphatic carbocycles. The van der Waals surface area contributed by atoms with Gasteiger partial charge in [0.2, 0.25) is 0 Å². The first-order chi connectivity index (χ1) is 26.6. The molecule has 0 heterocycles. The normalized spacial score (nSPS) is 13.4. The van der Waals surface area contributed by atoms with Gasteiger partial charge in [-0.3, -0.25) is 0 Å². The first kappa shape index (κ1) is 38.0. The first-order valence-corrected chi connectivity index (χ1v) is 19.7. The number of unbranched alkanes of at least 4 members (excludes halogenated alkanes) is 1. The van der Waals surface area contributed by atoms with Crippen molar-refractivity contribution in [2.75, 3.05) is 67.0 Å². The van der Waals surface area contributed by atoms with Gasteiger partial charge in [-0.15, -0.1) is 0 Å². The van der Waals surface area contributed by atoms with Crippen molar-refractivity contribution in [2.24, 2.45) is 5.73 Å². The van der Waals surface area contributed by atoms with Crippen LogP contribution in [0.2, 0.25) is 0 Å². The Labute approximate surface area is 321 Å². The molecule has 7 rings (SSSR count). The van der Waals surface area contributed by atoms with E-state index >= 15 is 0 Å². The minimum atomic E-state index is -0.203. The van der Waals surface area contributed by atoms with Gasteiger partial charge in [0.15, 0.2) is 0 Å². The summed E-state index contributed by atoms with van der Waals surface area (Å²) in [5, 5.41) is 0. The van der Waals surface area contributed by atoms with E-state index in [0.29, 0.717) is 52.8 Å².